The predicted octanol–water partition coefficient (Wildman–Crippen LogP) is 2.38. The van der Waals surface area contributed by atoms with Crippen LogP contribution in [-0.4, -0.2) is 40.7 Å². The van der Waals surface area contributed by atoms with Crippen LogP contribution in [0, 0.1) is 5.92 Å². The number of nitrogens with one attached hydrogen (secondary N) is 1. The van der Waals surface area contributed by atoms with Crippen molar-refractivity contribution in [3.05, 3.63) is 64.1 Å². The number of anilines is 1. The molecule has 28 heavy (non-hydrogen) atoms. The zero-order valence-corrected chi connectivity index (χ0v) is 16.6. The first-order chi connectivity index (χ1) is 13.5. The van der Waals surface area contributed by atoms with Crippen molar-refractivity contribution in [1.82, 2.24) is 9.47 Å². The smallest absolute Gasteiger partial charge is 0.309 e. The summed E-state index contributed by atoms with van der Waals surface area (Å²) in [7, 11) is 1.39. The quantitative estimate of drug-likeness (QED) is 0.634. The van der Waals surface area contributed by atoms with Crippen molar-refractivity contribution < 1.29 is 9.53 Å². The van der Waals surface area contributed by atoms with Crippen LogP contribution in [0.5, 0.6) is 0 Å². The summed E-state index contributed by atoms with van der Waals surface area (Å²) < 4.78 is 6.62. The Bertz CT molecular complexity index is 954. The summed E-state index contributed by atoms with van der Waals surface area (Å²) in [4.78, 5) is 25.7. The number of aromatic nitrogens is 1. The molecule has 0 aliphatic carbocycles. The van der Waals surface area contributed by atoms with Crippen molar-refractivity contribution in [3.8, 4) is 0 Å². The highest BCUT2D eigenvalue weighted by molar-refractivity contribution is 7.80. The van der Waals surface area contributed by atoms with Crippen molar-refractivity contribution in [2.45, 2.75) is 25.3 Å². The SMILES string of the molecule is COC(=O)Cc1ccc(NC(=S)N2C[C@H]3C[C@H](C2)c2cccc(=O)n2C3)cc1. The molecule has 0 spiro atoms. The van der Waals surface area contributed by atoms with Gasteiger partial charge in [-0.05, 0) is 48.3 Å². The van der Waals surface area contributed by atoms with Gasteiger partial charge in [-0.3, -0.25) is 9.59 Å². The Balaban J connectivity index is 1.42. The number of ether oxygens (including phenoxy) is 1. The highest BCUT2D eigenvalue weighted by atomic mass is 32.1. The molecule has 1 saturated heterocycles. The molecule has 2 aliphatic heterocycles. The van der Waals surface area contributed by atoms with E-state index in [2.05, 4.69) is 16.3 Å². The maximum absolute atomic E-state index is 12.1. The highest BCUT2D eigenvalue weighted by Crippen LogP contribution is 2.35. The zero-order chi connectivity index (χ0) is 19.7. The van der Waals surface area contributed by atoms with E-state index in [4.69, 9.17) is 17.0 Å². The molecule has 0 saturated carbocycles. The van der Waals surface area contributed by atoms with Crippen molar-refractivity contribution in [3.63, 3.8) is 0 Å². The van der Waals surface area contributed by atoms with Gasteiger partial charge in [0.05, 0.1) is 13.5 Å². The van der Waals surface area contributed by atoms with Crippen LogP contribution in [0.25, 0.3) is 0 Å². The van der Waals surface area contributed by atoms with Crippen LogP contribution in [-0.2, 0) is 22.5 Å². The molecule has 2 atom stereocenters. The van der Waals surface area contributed by atoms with Gasteiger partial charge in [0.1, 0.15) is 0 Å². The topological polar surface area (TPSA) is 63.6 Å². The third-order valence-corrected chi connectivity index (χ3v) is 5.91. The normalized spacial score (nSPS) is 20.2. The summed E-state index contributed by atoms with van der Waals surface area (Å²) in [6.07, 6.45) is 1.36. The molecule has 1 aromatic heterocycles. The number of likely N-dealkylation sites (tertiary alicyclic amines) is 1. The number of benzene rings is 1. The lowest BCUT2D eigenvalue weighted by atomic mass is 9.83. The lowest BCUT2D eigenvalue weighted by Gasteiger charge is -2.43. The zero-order valence-electron chi connectivity index (χ0n) is 15.8. The van der Waals surface area contributed by atoms with E-state index in [1.165, 1.54) is 7.11 Å². The minimum atomic E-state index is -0.254. The molecule has 3 heterocycles. The average molecular weight is 398 g/mol. The second-order valence-electron chi connectivity index (χ2n) is 7.48. The number of hydrogen-bond donors (Lipinski definition) is 1. The van der Waals surface area contributed by atoms with E-state index in [0.29, 0.717) is 16.9 Å². The van der Waals surface area contributed by atoms with Crippen molar-refractivity contribution >= 4 is 29.0 Å². The monoisotopic (exact) mass is 397 g/mol. The Morgan fingerprint density at radius 3 is 2.71 bits per heavy atom. The Kier molecular flexibility index (Phi) is 5.17. The van der Waals surface area contributed by atoms with Crippen LogP contribution in [0.3, 0.4) is 0 Å². The molecular weight excluding hydrogens is 374 g/mol. The number of rotatable bonds is 3. The second-order valence-corrected chi connectivity index (χ2v) is 7.87. The van der Waals surface area contributed by atoms with Gasteiger partial charge in [0.25, 0.3) is 5.56 Å². The van der Waals surface area contributed by atoms with E-state index in [-0.39, 0.29) is 17.9 Å². The number of carbonyl (C=O) groups excluding carboxylic acids is 1. The van der Waals surface area contributed by atoms with Crippen LogP contribution in [0.15, 0.2) is 47.3 Å². The number of fused-ring (bicyclic) bond motifs is 4. The molecular formula is C21H23N3O3S. The van der Waals surface area contributed by atoms with Gasteiger partial charge in [-0.25, -0.2) is 0 Å². The van der Waals surface area contributed by atoms with Crippen LogP contribution in [0.2, 0.25) is 0 Å². The summed E-state index contributed by atoms with van der Waals surface area (Å²) in [6.45, 7) is 2.42. The molecule has 1 aromatic carbocycles. The number of piperidine rings is 1. The van der Waals surface area contributed by atoms with E-state index >= 15 is 0 Å². The molecule has 146 valence electrons. The van der Waals surface area contributed by atoms with Gasteiger partial charge in [-0.15, -0.1) is 0 Å². The Morgan fingerprint density at radius 1 is 1.18 bits per heavy atom. The molecule has 1 fully saturated rings. The number of pyridine rings is 1. The molecule has 7 heteroatoms. The first-order valence-electron chi connectivity index (χ1n) is 9.45. The number of carbonyl (C=O) groups is 1. The van der Waals surface area contributed by atoms with Gasteiger partial charge < -0.3 is 19.5 Å². The van der Waals surface area contributed by atoms with E-state index in [1.54, 1.807) is 6.07 Å². The van der Waals surface area contributed by atoms with Gasteiger partial charge in [0.2, 0.25) is 0 Å². The molecule has 0 radical (unpaired) electrons. The molecule has 1 N–H and O–H groups in total. The Labute approximate surface area is 169 Å². The number of thiocarbonyl (C=S) groups is 1. The van der Waals surface area contributed by atoms with Crippen molar-refractivity contribution in [2.75, 3.05) is 25.5 Å². The van der Waals surface area contributed by atoms with E-state index in [1.807, 2.05) is 34.9 Å². The van der Waals surface area contributed by atoms with Crippen molar-refractivity contribution in [1.29, 1.82) is 0 Å². The first kappa shape index (κ1) is 18.7. The first-order valence-corrected chi connectivity index (χ1v) is 9.85. The van der Waals surface area contributed by atoms with Crippen LogP contribution in [0.1, 0.15) is 23.6 Å². The molecule has 0 amide bonds. The maximum atomic E-state index is 12.1. The van der Waals surface area contributed by atoms with Gasteiger partial charge >= 0.3 is 5.97 Å². The third-order valence-electron chi connectivity index (χ3n) is 5.55. The second kappa shape index (κ2) is 7.75. The lowest BCUT2D eigenvalue weighted by molar-refractivity contribution is -0.139. The number of nitrogens with zero attached hydrogens (tertiary/aromatic N) is 2. The summed E-state index contributed by atoms with van der Waals surface area (Å²) in [5.41, 5.74) is 3.00. The van der Waals surface area contributed by atoms with Crippen LogP contribution < -0.4 is 10.9 Å². The predicted molar refractivity (Wildman–Crippen MR) is 112 cm³/mol. The van der Waals surface area contributed by atoms with Gasteiger partial charge in [-0.1, -0.05) is 18.2 Å². The lowest BCUT2D eigenvalue weighted by Crippen LogP contribution is -2.50. The molecule has 2 aromatic rings. The van der Waals surface area contributed by atoms with Gasteiger partial charge in [0.15, 0.2) is 5.11 Å². The number of methoxy groups -OCH3 is 1. The molecule has 4 rings (SSSR count). The van der Waals surface area contributed by atoms with Crippen molar-refractivity contribution in [2.24, 2.45) is 5.92 Å². The Hall–Kier alpha value is -2.67. The summed E-state index contributed by atoms with van der Waals surface area (Å²) in [5, 5.41) is 4.00. The average Bonchev–Trinajstić information content (AvgIpc) is 2.70. The van der Waals surface area contributed by atoms with E-state index in [9.17, 15) is 9.59 Å². The largest absolute Gasteiger partial charge is 0.469 e. The molecule has 6 nitrogen and oxygen atoms in total. The van der Waals surface area contributed by atoms with E-state index in [0.717, 1.165) is 43.0 Å². The van der Waals surface area contributed by atoms with Crippen LogP contribution >= 0.6 is 12.2 Å². The third kappa shape index (κ3) is 3.80. The summed E-state index contributed by atoms with van der Waals surface area (Å²) in [6, 6.07) is 13.2. The number of esters is 1. The minimum Gasteiger partial charge on any atom is -0.469 e. The fraction of sp³-hybridized carbons (Fsp3) is 0.381. The standard InChI is InChI=1S/C21H23N3O3S/c1-27-20(26)10-14-5-7-17(8-6-14)22-21(28)23-11-15-9-16(13-23)18-3-2-4-19(25)24(18)12-15/h2-8,15-16H,9-13H2,1H3,(H,22,28)/t15-,16-/m1/s1. The van der Waals surface area contributed by atoms with E-state index < -0.39 is 0 Å². The fourth-order valence-electron chi connectivity index (χ4n) is 4.21. The fourth-order valence-corrected chi connectivity index (χ4v) is 4.48. The molecule has 2 bridgehead atoms. The minimum absolute atomic E-state index is 0.0911. The van der Waals surface area contributed by atoms with Gasteiger partial charge in [-0.2, -0.15) is 0 Å². The van der Waals surface area contributed by atoms with Gasteiger partial charge in [0, 0.05) is 43.0 Å². The maximum Gasteiger partial charge on any atom is 0.309 e. The summed E-state index contributed by atoms with van der Waals surface area (Å²) >= 11 is 5.65. The van der Waals surface area contributed by atoms with Crippen LogP contribution in [0.4, 0.5) is 5.69 Å². The molecule has 2 aliphatic rings. The highest BCUT2D eigenvalue weighted by Gasteiger charge is 2.35. The molecule has 0 unspecified atom stereocenters. The number of hydrogen-bond acceptors (Lipinski definition) is 4. The summed E-state index contributed by atoms with van der Waals surface area (Å²) in [5.74, 6) is 0.493. The Morgan fingerprint density at radius 2 is 1.96 bits per heavy atom.